The van der Waals surface area contributed by atoms with E-state index >= 15 is 0 Å². The molecule has 2 N–H and O–H groups in total. The number of hydrogen-bond donors (Lipinski definition) is 2. The van der Waals surface area contributed by atoms with Gasteiger partial charge in [-0.2, -0.15) is 15.3 Å². The maximum absolute atomic E-state index is 12.7. The lowest BCUT2D eigenvalue weighted by Crippen LogP contribution is -2.18. The van der Waals surface area contributed by atoms with Crippen molar-refractivity contribution in [3.05, 3.63) is 71.2 Å². The first-order valence-corrected chi connectivity index (χ1v) is 10.8. The van der Waals surface area contributed by atoms with Gasteiger partial charge in [0.1, 0.15) is 11.4 Å². The van der Waals surface area contributed by atoms with Gasteiger partial charge in [0, 0.05) is 17.2 Å². The monoisotopic (exact) mass is 474 g/mol. The van der Waals surface area contributed by atoms with Crippen LogP contribution < -0.4 is 19.6 Å². The molecule has 0 atom stereocenters. The quantitative estimate of drug-likeness (QED) is 0.297. The van der Waals surface area contributed by atoms with Crippen LogP contribution in [0.5, 0.6) is 17.2 Å². The summed E-state index contributed by atoms with van der Waals surface area (Å²) in [7, 11) is 4.61. The summed E-state index contributed by atoms with van der Waals surface area (Å²) in [6.45, 7) is 3.88. The Bertz CT molecular complexity index is 1370. The van der Waals surface area contributed by atoms with Crippen LogP contribution in [0.3, 0.4) is 0 Å². The van der Waals surface area contributed by atoms with Gasteiger partial charge in [-0.3, -0.25) is 9.89 Å². The standard InChI is InChI=1S/C25H26N6O4/c1-15-24(16(2)31(30-15)18-9-7-6-8-10-18)19-12-20(28-27-19)25(32)29-26-14-17-11-22(34-4)23(35-5)13-21(17)33-3/h6-14H,1-5H3,(H,27,28)(H,29,32)/b26-14+. The lowest BCUT2D eigenvalue weighted by atomic mass is 10.1. The van der Waals surface area contributed by atoms with Gasteiger partial charge in [-0.05, 0) is 38.1 Å². The number of benzene rings is 2. The molecule has 0 unspecified atom stereocenters. The Morgan fingerprint density at radius 1 is 1.00 bits per heavy atom. The third-order valence-corrected chi connectivity index (χ3v) is 5.48. The number of aryl methyl sites for hydroxylation is 1. The number of rotatable bonds is 8. The minimum absolute atomic E-state index is 0.266. The minimum atomic E-state index is -0.440. The van der Waals surface area contributed by atoms with Crippen LogP contribution in [0, 0.1) is 13.8 Å². The topological polar surface area (TPSA) is 116 Å². The van der Waals surface area contributed by atoms with Gasteiger partial charge >= 0.3 is 0 Å². The Morgan fingerprint density at radius 2 is 1.69 bits per heavy atom. The normalized spacial score (nSPS) is 11.0. The number of nitrogens with zero attached hydrogens (tertiary/aromatic N) is 4. The second-order valence-electron chi connectivity index (χ2n) is 7.61. The maximum atomic E-state index is 12.7. The molecule has 0 aliphatic heterocycles. The summed E-state index contributed by atoms with van der Waals surface area (Å²) < 4.78 is 17.8. The van der Waals surface area contributed by atoms with Gasteiger partial charge in [-0.15, -0.1) is 0 Å². The molecular formula is C25H26N6O4. The third-order valence-electron chi connectivity index (χ3n) is 5.48. The van der Waals surface area contributed by atoms with Gasteiger partial charge in [0.15, 0.2) is 11.5 Å². The van der Waals surface area contributed by atoms with Crippen LogP contribution in [0.15, 0.2) is 53.6 Å². The molecule has 10 nitrogen and oxygen atoms in total. The van der Waals surface area contributed by atoms with Crippen LogP contribution in [-0.4, -0.2) is 53.4 Å². The lowest BCUT2D eigenvalue weighted by molar-refractivity contribution is 0.0950. The number of aromatic amines is 1. The summed E-state index contributed by atoms with van der Waals surface area (Å²) in [5.41, 5.74) is 7.54. The molecule has 0 fully saturated rings. The summed E-state index contributed by atoms with van der Waals surface area (Å²) >= 11 is 0. The predicted octanol–water partition coefficient (Wildman–Crippen LogP) is 3.67. The van der Waals surface area contributed by atoms with Crippen LogP contribution in [-0.2, 0) is 0 Å². The number of methoxy groups -OCH3 is 3. The number of carbonyl (C=O) groups excluding carboxylic acids is 1. The molecule has 0 saturated carbocycles. The van der Waals surface area contributed by atoms with E-state index < -0.39 is 5.91 Å². The molecule has 2 heterocycles. The largest absolute Gasteiger partial charge is 0.496 e. The molecular weight excluding hydrogens is 448 g/mol. The first-order chi connectivity index (χ1) is 17.0. The van der Waals surface area contributed by atoms with Gasteiger partial charge in [-0.25, -0.2) is 10.1 Å². The molecule has 0 aliphatic rings. The van der Waals surface area contributed by atoms with Gasteiger partial charge in [0.25, 0.3) is 5.91 Å². The number of nitrogens with one attached hydrogen (secondary N) is 2. The number of hydrogen-bond acceptors (Lipinski definition) is 7. The summed E-state index contributed by atoms with van der Waals surface area (Å²) in [5, 5.41) is 15.8. The fourth-order valence-corrected chi connectivity index (χ4v) is 3.77. The second kappa shape index (κ2) is 10.1. The van der Waals surface area contributed by atoms with E-state index in [4.69, 9.17) is 14.2 Å². The highest BCUT2D eigenvalue weighted by Gasteiger charge is 2.19. The average Bonchev–Trinajstić information content (AvgIpc) is 3.48. The molecule has 1 amide bonds. The fourth-order valence-electron chi connectivity index (χ4n) is 3.77. The zero-order valence-corrected chi connectivity index (χ0v) is 20.1. The highest BCUT2D eigenvalue weighted by molar-refractivity contribution is 5.94. The van der Waals surface area contributed by atoms with Gasteiger partial charge in [0.05, 0.1) is 50.3 Å². The van der Waals surface area contributed by atoms with Crippen LogP contribution in [0.4, 0.5) is 0 Å². The van der Waals surface area contributed by atoms with Crippen molar-refractivity contribution in [1.29, 1.82) is 0 Å². The Kier molecular flexibility index (Phi) is 6.81. The predicted molar refractivity (Wildman–Crippen MR) is 132 cm³/mol. The highest BCUT2D eigenvalue weighted by atomic mass is 16.5. The molecule has 0 aliphatic carbocycles. The van der Waals surface area contributed by atoms with Crippen LogP contribution in [0.2, 0.25) is 0 Å². The molecule has 0 spiro atoms. The summed E-state index contributed by atoms with van der Waals surface area (Å²) in [4.78, 5) is 12.7. The summed E-state index contributed by atoms with van der Waals surface area (Å²) in [5.74, 6) is 1.12. The third kappa shape index (κ3) is 4.72. The minimum Gasteiger partial charge on any atom is -0.496 e. The van der Waals surface area contributed by atoms with Crippen LogP contribution >= 0.6 is 0 Å². The van der Waals surface area contributed by atoms with Gasteiger partial charge < -0.3 is 14.2 Å². The molecule has 4 aromatic rings. The maximum Gasteiger partial charge on any atom is 0.289 e. The number of ether oxygens (including phenoxy) is 3. The molecule has 10 heteroatoms. The summed E-state index contributed by atoms with van der Waals surface area (Å²) in [6, 6.07) is 14.9. The van der Waals surface area contributed by atoms with Gasteiger partial charge in [0.2, 0.25) is 0 Å². The van der Waals surface area contributed by atoms with Crippen molar-refractivity contribution in [3.63, 3.8) is 0 Å². The first kappa shape index (κ1) is 23.6. The lowest BCUT2D eigenvalue weighted by Gasteiger charge is -2.11. The highest BCUT2D eigenvalue weighted by Crippen LogP contribution is 2.33. The van der Waals surface area contributed by atoms with E-state index in [0.29, 0.717) is 28.5 Å². The number of amides is 1. The molecule has 0 saturated heterocycles. The van der Waals surface area contributed by atoms with E-state index in [1.165, 1.54) is 20.4 Å². The number of hydrazone groups is 1. The van der Waals surface area contributed by atoms with Crippen molar-refractivity contribution < 1.29 is 19.0 Å². The van der Waals surface area contributed by atoms with Crippen molar-refractivity contribution in [3.8, 4) is 34.2 Å². The van der Waals surface area contributed by atoms with E-state index in [1.807, 2.05) is 48.9 Å². The number of carbonyl (C=O) groups is 1. The molecule has 0 radical (unpaired) electrons. The van der Waals surface area contributed by atoms with E-state index in [1.54, 1.807) is 25.3 Å². The van der Waals surface area contributed by atoms with E-state index in [-0.39, 0.29) is 5.69 Å². The first-order valence-electron chi connectivity index (χ1n) is 10.8. The summed E-state index contributed by atoms with van der Waals surface area (Å²) in [6.07, 6.45) is 1.47. The van der Waals surface area contributed by atoms with Gasteiger partial charge in [-0.1, -0.05) is 18.2 Å². The average molecular weight is 475 g/mol. The van der Waals surface area contributed by atoms with Crippen molar-refractivity contribution in [2.75, 3.05) is 21.3 Å². The van der Waals surface area contributed by atoms with Crippen molar-refractivity contribution in [2.45, 2.75) is 13.8 Å². The Balaban J connectivity index is 1.52. The number of H-pyrrole nitrogens is 1. The Hall–Kier alpha value is -4.60. The number of aromatic nitrogens is 4. The molecule has 4 rings (SSSR count). The molecule has 35 heavy (non-hydrogen) atoms. The zero-order valence-electron chi connectivity index (χ0n) is 20.1. The molecule has 180 valence electrons. The fraction of sp³-hybridized carbons (Fsp3) is 0.200. The van der Waals surface area contributed by atoms with E-state index in [0.717, 1.165) is 22.6 Å². The van der Waals surface area contributed by atoms with Crippen molar-refractivity contribution in [1.82, 2.24) is 25.4 Å². The second-order valence-corrected chi connectivity index (χ2v) is 7.61. The molecule has 2 aromatic carbocycles. The van der Waals surface area contributed by atoms with Crippen LogP contribution in [0.1, 0.15) is 27.4 Å². The van der Waals surface area contributed by atoms with E-state index in [9.17, 15) is 4.79 Å². The van der Waals surface area contributed by atoms with Crippen LogP contribution in [0.25, 0.3) is 16.9 Å². The zero-order chi connectivity index (χ0) is 24.9. The van der Waals surface area contributed by atoms with Crippen molar-refractivity contribution in [2.24, 2.45) is 5.10 Å². The smallest absolute Gasteiger partial charge is 0.289 e. The molecule has 0 bridgehead atoms. The Labute approximate surface area is 202 Å². The van der Waals surface area contributed by atoms with Crippen molar-refractivity contribution >= 4 is 12.1 Å². The Morgan fingerprint density at radius 3 is 2.37 bits per heavy atom. The SMILES string of the molecule is COc1cc(OC)c(OC)cc1/C=N/NC(=O)c1cc(-c2c(C)nn(-c3ccccc3)c2C)n[nH]1. The number of para-hydroxylation sites is 1. The molecule has 2 aromatic heterocycles. The van der Waals surface area contributed by atoms with E-state index in [2.05, 4.69) is 25.8 Å².